The first kappa shape index (κ1) is 17.9. The third-order valence-corrected chi connectivity index (χ3v) is 5.18. The quantitative estimate of drug-likeness (QED) is 0.873. The van der Waals surface area contributed by atoms with Gasteiger partial charge in [-0.25, -0.2) is 0 Å². The van der Waals surface area contributed by atoms with E-state index in [1.54, 1.807) is 13.3 Å². The highest BCUT2D eigenvalue weighted by Crippen LogP contribution is 2.40. The van der Waals surface area contributed by atoms with E-state index in [-0.39, 0.29) is 17.6 Å². The van der Waals surface area contributed by atoms with Crippen molar-refractivity contribution in [2.24, 2.45) is 5.92 Å². The number of rotatable bonds is 6. The van der Waals surface area contributed by atoms with Gasteiger partial charge in [0, 0.05) is 19.3 Å². The van der Waals surface area contributed by atoms with Crippen molar-refractivity contribution >= 4 is 5.97 Å². The maximum Gasteiger partial charge on any atom is 0.321 e. The standard InChI is InChI=1S/C18H28N2O3/c1-13(2)16(17(21)22)20(3)14-8-10-18(23-4,11-9-14)15-7-5-6-12-19-15/h5-7,12-14,16H,8-11H2,1-4H3,(H,21,22)/t14?,16-,18?/m0/s1. The Morgan fingerprint density at radius 3 is 2.48 bits per heavy atom. The summed E-state index contributed by atoms with van der Waals surface area (Å²) < 4.78 is 5.85. The third-order valence-electron chi connectivity index (χ3n) is 5.18. The van der Waals surface area contributed by atoms with Gasteiger partial charge in [-0.2, -0.15) is 0 Å². The molecule has 0 bridgehead atoms. The molecular formula is C18H28N2O3. The van der Waals surface area contributed by atoms with E-state index in [9.17, 15) is 9.90 Å². The minimum absolute atomic E-state index is 0.0856. The Morgan fingerprint density at radius 2 is 2.04 bits per heavy atom. The molecule has 0 aromatic carbocycles. The predicted molar refractivity (Wildman–Crippen MR) is 89.2 cm³/mol. The van der Waals surface area contributed by atoms with Crippen LogP contribution in [0, 0.1) is 5.92 Å². The molecule has 1 aromatic heterocycles. The number of aromatic nitrogens is 1. The van der Waals surface area contributed by atoms with Gasteiger partial charge in [0.1, 0.15) is 11.6 Å². The lowest BCUT2D eigenvalue weighted by molar-refractivity contribution is -0.146. The number of carbonyl (C=O) groups is 1. The number of methoxy groups -OCH3 is 1. The number of ether oxygens (including phenoxy) is 1. The van der Waals surface area contributed by atoms with Crippen molar-refractivity contribution in [2.45, 2.75) is 57.2 Å². The van der Waals surface area contributed by atoms with Crippen LogP contribution in [0.3, 0.4) is 0 Å². The second-order valence-electron chi connectivity index (χ2n) is 6.84. The van der Waals surface area contributed by atoms with Gasteiger partial charge < -0.3 is 9.84 Å². The number of aliphatic carboxylic acids is 1. The van der Waals surface area contributed by atoms with Crippen LogP contribution in [-0.2, 0) is 15.1 Å². The molecule has 1 atom stereocenters. The lowest BCUT2D eigenvalue weighted by Crippen LogP contribution is -2.50. The molecule has 1 aromatic rings. The molecule has 1 heterocycles. The predicted octanol–water partition coefficient (Wildman–Crippen LogP) is 2.91. The molecule has 1 aliphatic rings. The van der Waals surface area contributed by atoms with Crippen molar-refractivity contribution in [1.29, 1.82) is 0 Å². The van der Waals surface area contributed by atoms with Crippen LogP contribution in [0.2, 0.25) is 0 Å². The van der Waals surface area contributed by atoms with Crippen molar-refractivity contribution in [3.05, 3.63) is 30.1 Å². The molecule has 1 fully saturated rings. The molecular weight excluding hydrogens is 292 g/mol. The highest BCUT2D eigenvalue weighted by Gasteiger charge is 2.41. The summed E-state index contributed by atoms with van der Waals surface area (Å²) in [4.78, 5) is 18.1. The molecule has 0 amide bonds. The van der Waals surface area contributed by atoms with Crippen LogP contribution >= 0.6 is 0 Å². The zero-order valence-corrected chi connectivity index (χ0v) is 14.5. The van der Waals surface area contributed by atoms with Crippen LogP contribution in [0.25, 0.3) is 0 Å². The Balaban J connectivity index is 2.09. The summed E-state index contributed by atoms with van der Waals surface area (Å²) in [5, 5.41) is 9.50. The summed E-state index contributed by atoms with van der Waals surface area (Å²) in [5.41, 5.74) is 0.636. The van der Waals surface area contributed by atoms with Gasteiger partial charge in [-0.1, -0.05) is 19.9 Å². The lowest BCUT2D eigenvalue weighted by Gasteiger charge is -2.43. The van der Waals surface area contributed by atoms with Gasteiger partial charge in [0.05, 0.1) is 5.69 Å². The number of likely N-dealkylation sites (N-methyl/N-ethyl adjacent to an activating group) is 1. The SMILES string of the molecule is COC1(c2ccccn2)CCC(N(C)[C@H](C(=O)O)C(C)C)CC1. The van der Waals surface area contributed by atoms with Crippen LogP contribution in [0.15, 0.2) is 24.4 Å². The van der Waals surface area contributed by atoms with Gasteiger partial charge in [-0.15, -0.1) is 0 Å². The molecule has 0 aliphatic heterocycles. The largest absolute Gasteiger partial charge is 0.480 e. The lowest BCUT2D eigenvalue weighted by atomic mass is 9.78. The molecule has 1 saturated carbocycles. The van der Waals surface area contributed by atoms with Crippen LogP contribution in [0.5, 0.6) is 0 Å². The van der Waals surface area contributed by atoms with Crippen molar-refractivity contribution in [1.82, 2.24) is 9.88 Å². The molecule has 0 spiro atoms. The smallest absolute Gasteiger partial charge is 0.321 e. The zero-order valence-electron chi connectivity index (χ0n) is 14.5. The number of pyridine rings is 1. The molecule has 1 N–H and O–H groups in total. The molecule has 0 saturated heterocycles. The van der Waals surface area contributed by atoms with Gasteiger partial charge in [-0.3, -0.25) is 14.7 Å². The maximum absolute atomic E-state index is 11.6. The normalized spacial score (nSPS) is 26.4. The fourth-order valence-corrected chi connectivity index (χ4v) is 3.83. The Hall–Kier alpha value is -1.46. The first-order valence-electron chi connectivity index (χ1n) is 8.32. The highest BCUT2D eigenvalue weighted by atomic mass is 16.5. The fraction of sp³-hybridized carbons (Fsp3) is 0.667. The van der Waals surface area contributed by atoms with Crippen LogP contribution < -0.4 is 0 Å². The fourth-order valence-electron chi connectivity index (χ4n) is 3.83. The first-order chi connectivity index (χ1) is 10.9. The van der Waals surface area contributed by atoms with E-state index in [0.29, 0.717) is 0 Å². The molecule has 5 heteroatoms. The zero-order chi connectivity index (χ0) is 17.0. The van der Waals surface area contributed by atoms with E-state index in [0.717, 1.165) is 31.4 Å². The molecule has 1 aliphatic carbocycles. The summed E-state index contributed by atoms with van der Waals surface area (Å²) >= 11 is 0. The number of nitrogens with zero attached hydrogens (tertiary/aromatic N) is 2. The minimum atomic E-state index is -0.740. The van der Waals surface area contributed by atoms with E-state index in [1.165, 1.54) is 0 Å². The van der Waals surface area contributed by atoms with Gasteiger partial charge in [-0.05, 0) is 50.8 Å². The van der Waals surface area contributed by atoms with Crippen molar-refractivity contribution in [3.8, 4) is 0 Å². The number of carboxylic acids is 1. The van der Waals surface area contributed by atoms with Crippen LogP contribution in [-0.4, -0.2) is 47.2 Å². The van der Waals surface area contributed by atoms with Gasteiger partial charge >= 0.3 is 5.97 Å². The summed E-state index contributed by atoms with van der Waals surface area (Å²) in [7, 11) is 3.68. The molecule has 0 radical (unpaired) electrons. The van der Waals surface area contributed by atoms with Crippen LogP contribution in [0.4, 0.5) is 0 Å². The summed E-state index contributed by atoms with van der Waals surface area (Å²) in [6, 6.07) is 5.74. The van der Waals surface area contributed by atoms with Crippen molar-refractivity contribution in [2.75, 3.05) is 14.2 Å². The number of hydrogen-bond acceptors (Lipinski definition) is 4. The van der Waals surface area contributed by atoms with Gasteiger partial charge in [0.25, 0.3) is 0 Å². The molecule has 0 unspecified atom stereocenters. The second kappa shape index (κ2) is 7.41. The van der Waals surface area contributed by atoms with E-state index >= 15 is 0 Å². The second-order valence-corrected chi connectivity index (χ2v) is 6.84. The highest BCUT2D eigenvalue weighted by molar-refractivity contribution is 5.73. The molecule has 2 rings (SSSR count). The van der Waals surface area contributed by atoms with Crippen LogP contribution in [0.1, 0.15) is 45.2 Å². The van der Waals surface area contributed by atoms with E-state index < -0.39 is 12.0 Å². The number of hydrogen-bond donors (Lipinski definition) is 1. The third kappa shape index (κ3) is 3.72. The van der Waals surface area contributed by atoms with Crippen molar-refractivity contribution in [3.63, 3.8) is 0 Å². The Bertz CT molecular complexity index is 510. The van der Waals surface area contributed by atoms with E-state index in [1.807, 2.05) is 44.0 Å². The van der Waals surface area contributed by atoms with E-state index in [2.05, 4.69) is 4.98 Å². The van der Waals surface area contributed by atoms with Gasteiger partial charge in [0.15, 0.2) is 0 Å². The molecule has 5 nitrogen and oxygen atoms in total. The monoisotopic (exact) mass is 320 g/mol. The minimum Gasteiger partial charge on any atom is -0.480 e. The molecule has 128 valence electrons. The average molecular weight is 320 g/mol. The molecule has 23 heavy (non-hydrogen) atoms. The Morgan fingerprint density at radius 1 is 1.39 bits per heavy atom. The average Bonchev–Trinajstić information content (AvgIpc) is 2.55. The first-order valence-corrected chi connectivity index (χ1v) is 8.32. The summed E-state index contributed by atoms with van der Waals surface area (Å²) in [6.45, 7) is 3.93. The Labute approximate surface area is 138 Å². The Kier molecular flexibility index (Phi) is 5.76. The number of carboxylic acid groups (broad SMARTS) is 1. The van der Waals surface area contributed by atoms with Gasteiger partial charge in [0.2, 0.25) is 0 Å². The summed E-state index contributed by atoms with van der Waals surface area (Å²) in [6.07, 6.45) is 5.35. The topological polar surface area (TPSA) is 62.7 Å². The van der Waals surface area contributed by atoms with Crippen molar-refractivity contribution < 1.29 is 14.6 Å². The summed E-state index contributed by atoms with van der Waals surface area (Å²) in [5.74, 6) is -0.654. The maximum atomic E-state index is 11.6. The van der Waals surface area contributed by atoms with E-state index in [4.69, 9.17) is 4.74 Å².